The van der Waals surface area contributed by atoms with Gasteiger partial charge in [0.1, 0.15) is 6.61 Å². The lowest BCUT2D eigenvalue weighted by Gasteiger charge is -2.08. The summed E-state index contributed by atoms with van der Waals surface area (Å²) in [7, 11) is 0. The third-order valence-electron chi connectivity index (χ3n) is 1.57. The molecule has 1 rings (SSSR count). The van der Waals surface area contributed by atoms with Crippen molar-refractivity contribution in [3.63, 3.8) is 0 Å². The summed E-state index contributed by atoms with van der Waals surface area (Å²) in [5.74, 6) is 0. The van der Waals surface area contributed by atoms with Crippen LogP contribution in [0.3, 0.4) is 0 Å². The molecule has 0 radical (unpaired) electrons. The molecule has 0 aliphatic carbocycles. The van der Waals surface area contributed by atoms with Crippen molar-refractivity contribution in [1.82, 2.24) is 0 Å². The van der Waals surface area contributed by atoms with Crippen LogP contribution >= 0.6 is 0 Å². The molecule has 0 aromatic carbocycles. The third kappa shape index (κ3) is 3.62. The van der Waals surface area contributed by atoms with E-state index in [2.05, 4.69) is 0 Å². The molecule has 4 heteroatoms. The van der Waals surface area contributed by atoms with E-state index in [1.807, 2.05) is 0 Å². The smallest absolute Gasteiger partial charge is 0.261 e. The van der Waals surface area contributed by atoms with Gasteiger partial charge < -0.3 is 9.47 Å². The fraction of sp³-hybridized carbons (Fsp3) is 1.00. The van der Waals surface area contributed by atoms with Gasteiger partial charge >= 0.3 is 0 Å². The lowest BCUT2D eigenvalue weighted by Crippen LogP contribution is -2.16. The zero-order chi connectivity index (χ0) is 8.10. The minimum absolute atomic E-state index is 0.0498. The van der Waals surface area contributed by atoms with Crippen LogP contribution in [0.1, 0.15) is 12.8 Å². The van der Waals surface area contributed by atoms with Crippen molar-refractivity contribution in [2.45, 2.75) is 25.4 Å². The van der Waals surface area contributed by atoms with Gasteiger partial charge in [-0.2, -0.15) is 0 Å². The summed E-state index contributed by atoms with van der Waals surface area (Å²) in [6.45, 7) is 0.576. The Morgan fingerprint density at radius 2 is 2.36 bits per heavy atom. The van der Waals surface area contributed by atoms with E-state index in [9.17, 15) is 8.78 Å². The zero-order valence-electron chi connectivity index (χ0n) is 6.26. The summed E-state index contributed by atoms with van der Waals surface area (Å²) in [5.41, 5.74) is 0. The van der Waals surface area contributed by atoms with Crippen LogP contribution in [0.2, 0.25) is 0 Å². The molecule has 0 saturated carbocycles. The lowest BCUT2D eigenvalue weighted by atomic mass is 10.2. The first kappa shape index (κ1) is 8.87. The second-order valence-electron chi connectivity index (χ2n) is 2.56. The molecule has 0 aromatic heterocycles. The predicted molar refractivity (Wildman–Crippen MR) is 35.8 cm³/mol. The van der Waals surface area contributed by atoms with Crippen LogP contribution in [0.5, 0.6) is 0 Å². The van der Waals surface area contributed by atoms with Gasteiger partial charge in [-0.25, -0.2) is 8.78 Å². The summed E-state index contributed by atoms with van der Waals surface area (Å²) in [6, 6.07) is 0. The summed E-state index contributed by atoms with van der Waals surface area (Å²) in [5, 5.41) is 0. The van der Waals surface area contributed by atoms with E-state index in [4.69, 9.17) is 9.47 Å². The molecule has 1 aliphatic rings. The number of hydrogen-bond donors (Lipinski definition) is 0. The highest BCUT2D eigenvalue weighted by atomic mass is 19.3. The van der Waals surface area contributed by atoms with Crippen molar-refractivity contribution >= 4 is 0 Å². The van der Waals surface area contributed by atoms with E-state index in [0.717, 1.165) is 19.4 Å². The molecule has 1 atom stereocenters. The standard InChI is InChI=1S/C7H12F2O2/c8-7(9)5-10-4-6-2-1-3-11-6/h6-7H,1-5H2. The minimum Gasteiger partial charge on any atom is -0.376 e. The van der Waals surface area contributed by atoms with Crippen molar-refractivity contribution < 1.29 is 18.3 Å². The lowest BCUT2D eigenvalue weighted by molar-refractivity contribution is -0.0273. The molecule has 2 nitrogen and oxygen atoms in total. The summed E-state index contributed by atoms with van der Waals surface area (Å²) in [6.07, 6.45) is -0.364. The van der Waals surface area contributed by atoms with Gasteiger partial charge in [0.25, 0.3) is 6.43 Å². The molecule has 1 unspecified atom stereocenters. The fourth-order valence-corrected chi connectivity index (χ4v) is 1.06. The van der Waals surface area contributed by atoms with E-state index in [0.29, 0.717) is 6.61 Å². The highest BCUT2D eigenvalue weighted by Gasteiger charge is 2.15. The summed E-state index contributed by atoms with van der Waals surface area (Å²) in [4.78, 5) is 0. The van der Waals surface area contributed by atoms with Crippen LogP contribution in [-0.2, 0) is 9.47 Å². The molecule has 0 bridgehead atoms. The Hall–Kier alpha value is -0.220. The average Bonchev–Trinajstić information content (AvgIpc) is 2.39. The van der Waals surface area contributed by atoms with Crippen molar-refractivity contribution in [3.8, 4) is 0 Å². The Morgan fingerprint density at radius 1 is 1.55 bits per heavy atom. The topological polar surface area (TPSA) is 18.5 Å². The monoisotopic (exact) mass is 166 g/mol. The molecule has 0 amide bonds. The Balaban J connectivity index is 1.94. The number of ether oxygens (including phenoxy) is 2. The molecule has 66 valence electrons. The first-order chi connectivity index (χ1) is 5.29. The van der Waals surface area contributed by atoms with Gasteiger partial charge in [-0.15, -0.1) is 0 Å². The molecule has 0 aromatic rings. The van der Waals surface area contributed by atoms with Crippen LogP contribution in [-0.4, -0.2) is 32.4 Å². The summed E-state index contributed by atoms with van der Waals surface area (Å²) < 4.78 is 33.0. The van der Waals surface area contributed by atoms with Gasteiger partial charge in [-0.1, -0.05) is 0 Å². The van der Waals surface area contributed by atoms with E-state index in [1.165, 1.54) is 0 Å². The van der Waals surface area contributed by atoms with Crippen molar-refractivity contribution in [3.05, 3.63) is 0 Å². The Morgan fingerprint density at radius 3 is 2.91 bits per heavy atom. The molecular formula is C7H12F2O2. The van der Waals surface area contributed by atoms with E-state index in [-0.39, 0.29) is 6.10 Å². The molecule has 1 heterocycles. The Kier molecular flexibility index (Phi) is 3.72. The maximum Gasteiger partial charge on any atom is 0.261 e. The second-order valence-corrected chi connectivity index (χ2v) is 2.56. The number of alkyl halides is 2. The van der Waals surface area contributed by atoms with E-state index in [1.54, 1.807) is 0 Å². The first-order valence-electron chi connectivity index (χ1n) is 3.76. The van der Waals surface area contributed by atoms with Gasteiger partial charge in [0.15, 0.2) is 0 Å². The summed E-state index contributed by atoms with van der Waals surface area (Å²) >= 11 is 0. The van der Waals surface area contributed by atoms with Gasteiger partial charge in [-0.3, -0.25) is 0 Å². The molecule has 0 spiro atoms. The van der Waals surface area contributed by atoms with Crippen LogP contribution < -0.4 is 0 Å². The minimum atomic E-state index is -2.36. The normalized spacial score (nSPS) is 24.8. The fourth-order valence-electron chi connectivity index (χ4n) is 1.06. The number of hydrogen-bond acceptors (Lipinski definition) is 2. The molecule has 1 fully saturated rings. The number of rotatable bonds is 4. The average molecular weight is 166 g/mol. The second kappa shape index (κ2) is 4.62. The highest BCUT2D eigenvalue weighted by Crippen LogP contribution is 2.12. The van der Waals surface area contributed by atoms with E-state index < -0.39 is 13.0 Å². The van der Waals surface area contributed by atoms with E-state index >= 15 is 0 Å². The molecular weight excluding hydrogens is 154 g/mol. The maximum absolute atomic E-state index is 11.5. The van der Waals surface area contributed by atoms with Gasteiger partial charge in [0.2, 0.25) is 0 Å². The largest absolute Gasteiger partial charge is 0.376 e. The third-order valence-corrected chi connectivity index (χ3v) is 1.57. The zero-order valence-corrected chi connectivity index (χ0v) is 6.26. The predicted octanol–water partition coefficient (Wildman–Crippen LogP) is 1.45. The SMILES string of the molecule is FC(F)COCC1CCCO1. The quantitative estimate of drug-likeness (QED) is 0.629. The molecule has 0 N–H and O–H groups in total. The van der Waals surface area contributed by atoms with Crippen LogP contribution in [0.4, 0.5) is 8.78 Å². The van der Waals surface area contributed by atoms with Gasteiger partial charge in [0.05, 0.1) is 12.7 Å². The van der Waals surface area contributed by atoms with Crippen LogP contribution in [0.25, 0.3) is 0 Å². The molecule has 1 aliphatic heterocycles. The van der Waals surface area contributed by atoms with Crippen LogP contribution in [0, 0.1) is 0 Å². The van der Waals surface area contributed by atoms with Gasteiger partial charge in [0, 0.05) is 6.61 Å². The highest BCUT2D eigenvalue weighted by molar-refractivity contribution is 4.63. The van der Waals surface area contributed by atoms with Crippen molar-refractivity contribution in [2.75, 3.05) is 19.8 Å². The Bertz CT molecular complexity index is 103. The van der Waals surface area contributed by atoms with Crippen molar-refractivity contribution in [1.29, 1.82) is 0 Å². The molecule has 1 saturated heterocycles. The van der Waals surface area contributed by atoms with Crippen LogP contribution in [0.15, 0.2) is 0 Å². The van der Waals surface area contributed by atoms with Crippen molar-refractivity contribution in [2.24, 2.45) is 0 Å². The molecule has 11 heavy (non-hydrogen) atoms. The maximum atomic E-state index is 11.5. The first-order valence-corrected chi connectivity index (χ1v) is 3.76. The Labute approximate surface area is 64.5 Å². The number of halogens is 2. The van der Waals surface area contributed by atoms with Gasteiger partial charge in [-0.05, 0) is 12.8 Å².